The number of nitrogens with one attached hydrogen (secondary N) is 1. The second kappa shape index (κ2) is 4.92. The van der Waals surface area contributed by atoms with Gasteiger partial charge in [-0.1, -0.05) is 18.2 Å². The minimum atomic E-state index is 0.818. The van der Waals surface area contributed by atoms with Crippen molar-refractivity contribution in [3.05, 3.63) is 60.6 Å². The molecule has 3 nitrogen and oxygen atoms in total. The lowest BCUT2D eigenvalue weighted by molar-refractivity contribution is 0.513. The van der Waals surface area contributed by atoms with E-state index in [-0.39, 0.29) is 0 Å². The zero-order chi connectivity index (χ0) is 12.2. The summed E-state index contributed by atoms with van der Waals surface area (Å²) in [6.45, 7) is 0.818. The second-order valence-electron chi connectivity index (χ2n) is 4.15. The predicted octanol–water partition coefficient (Wildman–Crippen LogP) is 3.48. The highest BCUT2D eigenvalue weighted by molar-refractivity contribution is 5.79. The molecule has 3 rings (SSSR count). The quantitative estimate of drug-likeness (QED) is 0.756. The Labute approximate surface area is 105 Å². The Morgan fingerprint density at radius 3 is 2.83 bits per heavy atom. The summed E-state index contributed by atoms with van der Waals surface area (Å²) >= 11 is 0. The molecule has 0 atom stereocenters. The van der Waals surface area contributed by atoms with Gasteiger partial charge in [0, 0.05) is 18.4 Å². The Morgan fingerprint density at radius 1 is 1.00 bits per heavy atom. The Balaban J connectivity index is 1.67. The normalized spacial score (nSPS) is 10.7. The maximum Gasteiger partial charge on any atom is 0.126 e. The van der Waals surface area contributed by atoms with Crippen LogP contribution >= 0.6 is 0 Å². The fourth-order valence-electron chi connectivity index (χ4n) is 1.93. The van der Waals surface area contributed by atoms with E-state index < -0.39 is 0 Å². The molecule has 0 radical (unpaired) electrons. The molecular weight excluding hydrogens is 224 g/mol. The molecular formula is C15H14N2O. The van der Waals surface area contributed by atoms with Crippen molar-refractivity contribution in [2.45, 2.75) is 6.42 Å². The van der Waals surface area contributed by atoms with Crippen molar-refractivity contribution in [2.75, 3.05) is 11.9 Å². The minimum absolute atomic E-state index is 0.818. The van der Waals surface area contributed by atoms with Gasteiger partial charge in [0.1, 0.15) is 11.6 Å². The van der Waals surface area contributed by atoms with Crippen molar-refractivity contribution in [3.63, 3.8) is 0 Å². The van der Waals surface area contributed by atoms with Gasteiger partial charge in [0.15, 0.2) is 0 Å². The van der Waals surface area contributed by atoms with E-state index in [1.54, 1.807) is 6.26 Å². The maximum atomic E-state index is 5.28. The first-order valence-electron chi connectivity index (χ1n) is 6.04. The average Bonchev–Trinajstić information content (AvgIpc) is 2.92. The van der Waals surface area contributed by atoms with E-state index in [0.29, 0.717) is 0 Å². The zero-order valence-corrected chi connectivity index (χ0v) is 9.97. The summed E-state index contributed by atoms with van der Waals surface area (Å²) in [5.41, 5.74) is 1.01. The maximum absolute atomic E-state index is 5.28. The third-order valence-corrected chi connectivity index (χ3v) is 2.86. The number of aromatic nitrogens is 1. The molecule has 3 heteroatoms. The zero-order valence-electron chi connectivity index (χ0n) is 9.97. The number of furan rings is 1. The number of rotatable bonds is 4. The summed E-state index contributed by atoms with van der Waals surface area (Å²) < 4.78 is 5.28. The fraction of sp³-hybridized carbons (Fsp3) is 0.133. The lowest BCUT2D eigenvalue weighted by Gasteiger charge is -2.05. The molecule has 0 fully saturated rings. The standard InChI is InChI=1S/C15H14N2O/c1-2-6-14-12(4-1)7-8-15(17-14)16-10-9-13-5-3-11-18-13/h1-8,11H,9-10H2,(H,16,17). The monoisotopic (exact) mass is 238 g/mol. The lowest BCUT2D eigenvalue weighted by Crippen LogP contribution is -2.05. The molecule has 1 N–H and O–H groups in total. The molecule has 0 amide bonds. The molecule has 0 aliphatic carbocycles. The van der Waals surface area contributed by atoms with Gasteiger partial charge >= 0.3 is 0 Å². The molecule has 2 heterocycles. The van der Waals surface area contributed by atoms with Crippen LogP contribution in [-0.2, 0) is 6.42 Å². The summed E-state index contributed by atoms with van der Waals surface area (Å²) in [6.07, 6.45) is 2.56. The van der Waals surface area contributed by atoms with Crippen molar-refractivity contribution in [1.82, 2.24) is 4.98 Å². The molecule has 3 aromatic rings. The summed E-state index contributed by atoms with van der Waals surface area (Å²) in [5, 5.41) is 4.47. The molecule has 18 heavy (non-hydrogen) atoms. The van der Waals surface area contributed by atoms with Crippen LogP contribution in [0.25, 0.3) is 10.9 Å². The topological polar surface area (TPSA) is 38.1 Å². The van der Waals surface area contributed by atoms with Crippen molar-refractivity contribution in [3.8, 4) is 0 Å². The number of pyridine rings is 1. The average molecular weight is 238 g/mol. The third-order valence-electron chi connectivity index (χ3n) is 2.86. The molecule has 2 aromatic heterocycles. The van der Waals surface area contributed by atoms with Crippen LogP contribution in [0.3, 0.4) is 0 Å². The van der Waals surface area contributed by atoms with Crippen LogP contribution in [0, 0.1) is 0 Å². The predicted molar refractivity (Wildman–Crippen MR) is 72.6 cm³/mol. The first-order chi connectivity index (χ1) is 8.92. The molecule has 1 aromatic carbocycles. The number of hydrogen-bond acceptors (Lipinski definition) is 3. The van der Waals surface area contributed by atoms with Crippen LogP contribution in [-0.4, -0.2) is 11.5 Å². The molecule has 0 unspecified atom stereocenters. The lowest BCUT2D eigenvalue weighted by atomic mass is 10.2. The molecule has 0 bridgehead atoms. The molecule has 0 aliphatic heterocycles. The van der Waals surface area contributed by atoms with E-state index in [1.807, 2.05) is 36.4 Å². The summed E-state index contributed by atoms with van der Waals surface area (Å²) in [4.78, 5) is 4.55. The van der Waals surface area contributed by atoms with Crippen LogP contribution in [0.4, 0.5) is 5.82 Å². The fourth-order valence-corrected chi connectivity index (χ4v) is 1.93. The Morgan fingerprint density at radius 2 is 1.94 bits per heavy atom. The van der Waals surface area contributed by atoms with Gasteiger partial charge in [-0.2, -0.15) is 0 Å². The van der Waals surface area contributed by atoms with Crippen LogP contribution in [0.1, 0.15) is 5.76 Å². The third kappa shape index (κ3) is 2.35. The van der Waals surface area contributed by atoms with Crippen molar-refractivity contribution in [2.24, 2.45) is 0 Å². The Bertz CT molecular complexity index is 632. The number of para-hydroxylation sites is 1. The largest absolute Gasteiger partial charge is 0.469 e. The smallest absolute Gasteiger partial charge is 0.126 e. The summed E-state index contributed by atoms with van der Waals surface area (Å²) in [7, 11) is 0. The van der Waals surface area contributed by atoms with E-state index in [4.69, 9.17) is 4.42 Å². The van der Waals surface area contributed by atoms with Gasteiger partial charge in [-0.25, -0.2) is 4.98 Å². The second-order valence-corrected chi connectivity index (χ2v) is 4.15. The van der Waals surface area contributed by atoms with Gasteiger partial charge < -0.3 is 9.73 Å². The number of fused-ring (bicyclic) bond motifs is 1. The van der Waals surface area contributed by atoms with E-state index >= 15 is 0 Å². The Kier molecular flexibility index (Phi) is 2.96. The molecule has 0 saturated carbocycles. The van der Waals surface area contributed by atoms with E-state index in [2.05, 4.69) is 22.4 Å². The van der Waals surface area contributed by atoms with Gasteiger partial charge in [-0.3, -0.25) is 0 Å². The van der Waals surface area contributed by atoms with Crippen LogP contribution in [0.5, 0.6) is 0 Å². The van der Waals surface area contributed by atoms with Crippen molar-refractivity contribution in [1.29, 1.82) is 0 Å². The first-order valence-corrected chi connectivity index (χ1v) is 6.04. The molecule has 0 aliphatic rings. The van der Waals surface area contributed by atoms with Gasteiger partial charge in [0.05, 0.1) is 11.8 Å². The van der Waals surface area contributed by atoms with Crippen LogP contribution < -0.4 is 5.32 Å². The summed E-state index contributed by atoms with van der Waals surface area (Å²) in [5.74, 6) is 1.89. The van der Waals surface area contributed by atoms with E-state index in [0.717, 1.165) is 35.4 Å². The highest BCUT2D eigenvalue weighted by Crippen LogP contribution is 2.14. The SMILES string of the molecule is c1coc(CCNc2ccc3ccccc3n2)c1. The Hall–Kier alpha value is -2.29. The minimum Gasteiger partial charge on any atom is -0.469 e. The van der Waals surface area contributed by atoms with E-state index in [9.17, 15) is 0 Å². The molecule has 90 valence electrons. The van der Waals surface area contributed by atoms with E-state index in [1.165, 1.54) is 0 Å². The van der Waals surface area contributed by atoms with Crippen LogP contribution in [0.15, 0.2) is 59.2 Å². The summed E-state index contributed by atoms with van der Waals surface area (Å²) in [6, 6.07) is 16.1. The number of benzene rings is 1. The van der Waals surface area contributed by atoms with Gasteiger partial charge in [0.25, 0.3) is 0 Å². The van der Waals surface area contributed by atoms with Crippen LogP contribution in [0.2, 0.25) is 0 Å². The first kappa shape index (κ1) is 10.8. The van der Waals surface area contributed by atoms with Gasteiger partial charge in [-0.05, 0) is 30.3 Å². The number of anilines is 1. The molecule has 0 spiro atoms. The van der Waals surface area contributed by atoms with Crippen molar-refractivity contribution < 1.29 is 4.42 Å². The van der Waals surface area contributed by atoms with Gasteiger partial charge in [-0.15, -0.1) is 0 Å². The van der Waals surface area contributed by atoms with Crippen molar-refractivity contribution >= 4 is 16.7 Å². The highest BCUT2D eigenvalue weighted by atomic mass is 16.3. The number of hydrogen-bond donors (Lipinski definition) is 1. The molecule has 0 saturated heterocycles. The highest BCUT2D eigenvalue weighted by Gasteiger charge is 1.98. The number of nitrogens with zero attached hydrogens (tertiary/aromatic N) is 1. The van der Waals surface area contributed by atoms with Gasteiger partial charge in [0.2, 0.25) is 0 Å².